The fraction of sp³-hybridized carbons (Fsp3) is 0.500. The molecule has 32 heavy (non-hydrogen) atoms. The highest BCUT2D eigenvalue weighted by molar-refractivity contribution is 5.96. The number of methoxy groups -OCH3 is 1. The zero-order chi connectivity index (χ0) is 23.3. The highest BCUT2D eigenvalue weighted by atomic mass is 16.6. The maximum Gasteiger partial charge on any atom is 0.340 e. The van der Waals surface area contributed by atoms with Gasteiger partial charge in [0, 0.05) is 23.7 Å². The third-order valence-electron chi connectivity index (χ3n) is 5.74. The standard InChI is InChI=1S/C26H33NO5/c1-17-20(24-21(9-7-15-27-24)25(29)32-26(2,3)4)8-6-10-22(17)31-19-13-11-18(12-14-19)16-23(28)30-5/h6-10,15,18-19H,11-14,16H2,1-5H3. The molecule has 0 aliphatic heterocycles. The Morgan fingerprint density at radius 1 is 1.06 bits per heavy atom. The first-order chi connectivity index (χ1) is 15.2. The van der Waals surface area contributed by atoms with Crippen molar-refractivity contribution in [1.82, 2.24) is 4.98 Å². The number of ether oxygens (including phenoxy) is 3. The summed E-state index contributed by atoms with van der Waals surface area (Å²) in [6.07, 6.45) is 5.95. The van der Waals surface area contributed by atoms with Gasteiger partial charge in [0.1, 0.15) is 11.4 Å². The summed E-state index contributed by atoms with van der Waals surface area (Å²) in [6, 6.07) is 9.31. The Bertz CT molecular complexity index is 955. The summed E-state index contributed by atoms with van der Waals surface area (Å²) in [7, 11) is 1.43. The molecule has 6 nitrogen and oxygen atoms in total. The first-order valence-electron chi connectivity index (χ1n) is 11.2. The SMILES string of the molecule is COC(=O)CC1CCC(Oc2cccc(-c3ncccc3C(=O)OC(C)(C)C)c2C)CC1. The number of hydrogen-bond donors (Lipinski definition) is 0. The van der Waals surface area contributed by atoms with Crippen LogP contribution in [0.15, 0.2) is 36.5 Å². The van der Waals surface area contributed by atoms with Gasteiger partial charge in [-0.3, -0.25) is 9.78 Å². The Hall–Kier alpha value is -2.89. The topological polar surface area (TPSA) is 74.7 Å². The molecule has 0 spiro atoms. The second kappa shape index (κ2) is 10.2. The summed E-state index contributed by atoms with van der Waals surface area (Å²) < 4.78 is 16.7. The molecule has 1 saturated carbocycles. The van der Waals surface area contributed by atoms with E-state index in [0.717, 1.165) is 42.6 Å². The predicted molar refractivity (Wildman–Crippen MR) is 123 cm³/mol. The molecular weight excluding hydrogens is 406 g/mol. The van der Waals surface area contributed by atoms with Gasteiger partial charge in [0.25, 0.3) is 0 Å². The number of pyridine rings is 1. The molecule has 0 unspecified atom stereocenters. The number of benzene rings is 1. The van der Waals surface area contributed by atoms with Gasteiger partial charge < -0.3 is 14.2 Å². The largest absolute Gasteiger partial charge is 0.490 e. The molecule has 1 aliphatic carbocycles. The number of esters is 2. The van der Waals surface area contributed by atoms with Gasteiger partial charge in [-0.1, -0.05) is 12.1 Å². The zero-order valence-electron chi connectivity index (χ0n) is 19.6. The van der Waals surface area contributed by atoms with Gasteiger partial charge in [-0.05, 0) is 77.5 Å². The van der Waals surface area contributed by atoms with Crippen LogP contribution in [-0.2, 0) is 14.3 Å². The van der Waals surface area contributed by atoms with Crippen molar-refractivity contribution in [3.05, 3.63) is 47.7 Å². The molecule has 6 heteroatoms. The molecule has 1 aromatic carbocycles. The van der Waals surface area contributed by atoms with E-state index < -0.39 is 11.6 Å². The van der Waals surface area contributed by atoms with Gasteiger partial charge >= 0.3 is 11.9 Å². The van der Waals surface area contributed by atoms with Crippen LogP contribution in [0.2, 0.25) is 0 Å². The van der Waals surface area contributed by atoms with Crippen molar-refractivity contribution in [3.8, 4) is 17.0 Å². The average Bonchev–Trinajstić information content (AvgIpc) is 2.75. The summed E-state index contributed by atoms with van der Waals surface area (Å²) in [6.45, 7) is 7.53. The van der Waals surface area contributed by atoms with E-state index in [2.05, 4.69) is 4.98 Å². The van der Waals surface area contributed by atoms with Gasteiger partial charge in [-0.2, -0.15) is 0 Å². The number of carbonyl (C=O) groups is 2. The summed E-state index contributed by atoms with van der Waals surface area (Å²) in [5.41, 5.74) is 2.23. The summed E-state index contributed by atoms with van der Waals surface area (Å²) in [4.78, 5) is 28.8. The van der Waals surface area contributed by atoms with Crippen LogP contribution < -0.4 is 4.74 Å². The van der Waals surface area contributed by atoms with Crippen molar-refractivity contribution in [2.24, 2.45) is 5.92 Å². The fourth-order valence-corrected chi connectivity index (χ4v) is 4.07. The monoisotopic (exact) mass is 439 g/mol. The van der Waals surface area contributed by atoms with E-state index in [0.29, 0.717) is 23.6 Å². The first-order valence-corrected chi connectivity index (χ1v) is 11.2. The van der Waals surface area contributed by atoms with Crippen LogP contribution in [0.5, 0.6) is 5.75 Å². The van der Waals surface area contributed by atoms with Crippen LogP contribution in [0.4, 0.5) is 0 Å². The van der Waals surface area contributed by atoms with E-state index in [4.69, 9.17) is 14.2 Å². The van der Waals surface area contributed by atoms with Gasteiger partial charge in [0.15, 0.2) is 0 Å². The molecule has 2 aromatic rings. The molecule has 0 bridgehead atoms. The smallest absolute Gasteiger partial charge is 0.340 e. The number of aromatic nitrogens is 1. The van der Waals surface area contributed by atoms with Crippen molar-refractivity contribution in [1.29, 1.82) is 0 Å². The van der Waals surface area contributed by atoms with Crippen LogP contribution in [0.25, 0.3) is 11.3 Å². The molecule has 1 aliphatic rings. The normalized spacial score (nSPS) is 18.7. The minimum absolute atomic E-state index is 0.104. The Labute approximate surface area is 190 Å². The molecular formula is C26H33NO5. The van der Waals surface area contributed by atoms with Gasteiger partial charge in [-0.25, -0.2) is 4.79 Å². The first kappa shape index (κ1) is 23.8. The van der Waals surface area contributed by atoms with E-state index in [9.17, 15) is 9.59 Å². The Balaban J connectivity index is 1.76. The lowest BCUT2D eigenvalue weighted by Crippen LogP contribution is -2.26. The molecule has 0 saturated heterocycles. The average molecular weight is 440 g/mol. The highest BCUT2D eigenvalue weighted by Gasteiger charge is 2.26. The van der Waals surface area contributed by atoms with Crippen LogP contribution >= 0.6 is 0 Å². The summed E-state index contributed by atoms with van der Waals surface area (Å²) in [5.74, 6) is 0.615. The van der Waals surface area contributed by atoms with Gasteiger partial charge in [-0.15, -0.1) is 0 Å². The molecule has 0 N–H and O–H groups in total. The van der Waals surface area contributed by atoms with E-state index in [-0.39, 0.29) is 12.1 Å². The van der Waals surface area contributed by atoms with Crippen LogP contribution in [0, 0.1) is 12.8 Å². The van der Waals surface area contributed by atoms with E-state index >= 15 is 0 Å². The van der Waals surface area contributed by atoms with E-state index in [1.54, 1.807) is 18.3 Å². The Morgan fingerprint density at radius 2 is 1.78 bits per heavy atom. The fourth-order valence-electron chi connectivity index (χ4n) is 4.07. The van der Waals surface area contributed by atoms with Crippen molar-refractivity contribution >= 4 is 11.9 Å². The summed E-state index contributed by atoms with van der Waals surface area (Å²) >= 11 is 0. The van der Waals surface area contributed by atoms with E-state index in [1.165, 1.54) is 7.11 Å². The summed E-state index contributed by atoms with van der Waals surface area (Å²) in [5, 5.41) is 0. The number of carbonyl (C=O) groups excluding carboxylic acids is 2. The van der Waals surface area contributed by atoms with Crippen LogP contribution in [0.3, 0.4) is 0 Å². The third kappa shape index (κ3) is 6.09. The lowest BCUT2D eigenvalue weighted by Gasteiger charge is -2.29. The molecule has 3 rings (SSSR count). The van der Waals surface area contributed by atoms with E-state index in [1.807, 2.05) is 45.9 Å². The minimum atomic E-state index is -0.586. The molecule has 1 aromatic heterocycles. The molecule has 0 amide bonds. The number of rotatable bonds is 6. The molecule has 0 atom stereocenters. The second-order valence-corrected chi connectivity index (χ2v) is 9.37. The number of hydrogen-bond acceptors (Lipinski definition) is 6. The Kier molecular flexibility index (Phi) is 7.54. The molecule has 172 valence electrons. The molecule has 0 radical (unpaired) electrons. The van der Waals surface area contributed by atoms with Gasteiger partial charge in [0.05, 0.1) is 24.5 Å². The van der Waals surface area contributed by atoms with Crippen LogP contribution in [0.1, 0.15) is 68.8 Å². The third-order valence-corrected chi connectivity index (χ3v) is 5.74. The molecule has 1 fully saturated rings. The maximum atomic E-state index is 12.8. The highest BCUT2D eigenvalue weighted by Crippen LogP contribution is 2.35. The second-order valence-electron chi connectivity index (χ2n) is 9.37. The van der Waals surface area contributed by atoms with Crippen molar-refractivity contribution < 1.29 is 23.8 Å². The number of nitrogens with zero attached hydrogens (tertiary/aromatic N) is 1. The van der Waals surface area contributed by atoms with Crippen molar-refractivity contribution in [2.45, 2.75) is 71.5 Å². The lowest BCUT2D eigenvalue weighted by atomic mass is 9.85. The molecule has 1 heterocycles. The van der Waals surface area contributed by atoms with Crippen LogP contribution in [-0.4, -0.2) is 35.7 Å². The van der Waals surface area contributed by atoms with Crippen molar-refractivity contribution in [3.63, 3.8) is 0 Å². The Morgan fingerprint density at radius 3 is 2.44 bits per heavy atom. The quantitative estimate of drug-likeness (QED) is 0.552. The van der Waals surface area contributed by atoms with Gasteiger partial charge in [0.2, 0.25) is 0 Å². The zero-order valence-corrected chi connectivity index (χ0v) is 19.6. The maximum absolute atomic E-state index is 12.8. The lowest BCUT2D eigenvalue weighted by molar-refractivity contribution is -0.142. The predicted octanol–water partition coefficient (Wildman–Crippen LogP) is 5.51. The van der Waals surface area contributed by atoms with Crippen molar-refractivity contribution in [2.75, 3.05) is 7.11 Å². The minimum Gasteiger partial charge on any atom is -0.490 e.